The standard InChI is InChI=1S/C21H38N4O2/c1-6-9-17(12-13-26)15-23-21(22-7-2)24-16-20(25(3)4)18-10-8-11-19(14-18)27-5/h8,10-11,14,17,20,26H,6-7,9,12-13,15-16H2,1-5H3,(H2,22,23,24). The van der Waals surface area contributed by atoms with Crippen molar-refractivity contribution in [2.24, 2.45) is 10.9 Å². The first-order valence-corrected chi connectivity index (χ1v) is 9.99. The van der Waals surface area contributed by atoms with E-state index >= 15 is 0 Å². The summed E-state index contributed by atoms with van der Waals surface area (Å²) in [5.74, 6) is 2.12. The molecule has 0 saturated heterocycles. The molecule has 0 fully saturated rings. The second-order valence-electron chi connectivity index (χ2n) is 7.02. The molecule has 0 radical (unpaired) electrons. The molecule has 0 aliphatic heterocycles. The summed E-state index contributed by atoms with van der Waals surface area (Å²) in [7, 11) is 5.85. The minimum absolute atomic E-state index is 0.202. The van der Waals surface area contributed by atoms with Crippen LogP contribution >= 0.6 is 0 Å². The molecule has 0 aromatic heterocycles. The highest BCUT2D eigenvalue weighted by atomic mass is 16.5. The molecule has 0 amide bonds. The highest BCUT2D eigenvalue weighted by molar-refractivity contribution is 5.79. The number of rotatable bonds is 12. The van der Waals surface area contributed by atoms with E-state index in [4.69, 9.17) is 9.73 Å². The Labute approximate surface area is 165 Å². The smallest absolute Gasteiger partial charge is 0.191 e. The van der Waals surface area contributed by atoms with Crippen molar-refractivity contribution in [1.29, 1.82) is 0 Å². The van der Waals surface area contributed by atoms with E-state index in [-0.39, 0.29) is 12.6 Å². The van der Waals surface area contributed by atoms with E-state index in [1.54, 1.807) is 7.11 Å². The number of guanidine groups is 1. The van der Waals surface area contributed by atoms with Gasteiger partial charge in [0, 0.05) is 26.2 Å². The number of hydrogen-bond donors (Lipinski definition) is 3. The third-order valence-electron chi connectivity index (χ3n) is 4.65. The quantitative estimate of drug-likeness (QED) is 0.385. The van der Waals surface area contributed by atoms with Crippen LogP contribution in [0.3, 0.4) is 0 Å². The Morgan fingerprint density at radius 2 is 2.00 bits per heavy atom. The minimum Gasteiger partial charge on any atom is -0.497 e. The number of hydrogen-bond acceptors (Lipinski definition) is 4. The maximum atomic E-state index is 9.24. The van der Waals surface area contributed by atoms with Gasteiger partial charge in [-0.15, -0.1) is 0 Å². The summed E-state index contributed by atoms with van der Waals surface area (Å²) < 4.78 is 5.36. The molecule has 0 saturated carbocycles. The second kappa shape index (κ2) is 13.4. The van der Waals surface area contributed by atoms with Crippen LogP contribution in [-0.4, -0.2) is 63.4 Å². The molecule has 0 bridgehead atoms. The molecule has 2 unspecified atom stereocenters. The second-order valence-corrected chi connectivity index (χ2v) is 7.02. The average Bonchev–Trinajstić information content (AvgIpc) is 2.66. The predicted molar refractivity (Wildman–Crippen MR) is 114 cm³/mol. The summed E-state index contributed by atoms with van der Waals surface area (Å²) >= 11 is 0. The molecule has 1 rings (SSSR count). The van der Waals surface area contributed by atoms with E-state index in [2.05, 4.69) is 55.6 Å². The van der Waals surface area contributed by atoms with Crippen LogP contribution < -0.4 is 15.4 Å². The first-order valence-electron chi connectivity index (χ1n) is 9.99. The molecule has 2 atom stereocenters. The maximum Gasteiger partial charge on any atom is 0.191 e. The number of nitrogens with one attached hydrogen (secondary N) is 2. The lowest BCUT2D eigenvalue weighted by Gasteiger charge is -2.26. The molecule has 1 aromatic carbocycles. The van der Waals surface area contributed by atoms with Crippen LogP contribution in [-0.2, 0) is 0 Å². The van der Waals surface area contributed by atoms with E-state index in [1.807, 2.05) is 12.1 Å². The van der Waals surface area contributed by atoms with Gasteiger partial charge in [-0.05, 0) is 57.5 Å². The summed E-state index contributed by atoms with van der Waals surface area (Å²) in [5, 5.41) is 16.0. The molecule has 6 nitrogen and oxygen atoms in total. The fourth-order valence-corrected chi connectivity index (χ4v) is 3.12. The molecule has 0 aliphatic rings. The third-order valence-corrected chi connectivity index (χ3v) is 4.65. The van der Waals surface area contributed by atoms with E-state index in [1.165, 1.54) is 5.56 Å². The number of nitrogens with zero attached hydrogens (tertiary/aromatic N) is 2. The third kappa shape index (κ3) is 8.63. The lowest BCUT2D eigenvalue weighted by molar-refractivity contribution is 0.253. The van der Waals surface area contributed by atoms with Gasteiger partial charge in [-0.3, -0.25) is 4.99 Å². The van der Waals surface area contributed by atoms with Gasteiger partial charge in [-0.2, -0.15) is 0 Å². The number of likely N-dealkylation sites (N-methyl/N-ethyl adjacent to an activating group) is 1. The zero-order valence-electron chi connectivity index (χ0n) is 17.7. The molecular weight excluding hydrogens is 340 g/mol. The lowest BCUT2D eigenvalue weighted by atomic mass is 10.0. The first-order chi connectivity index (χ1) is 13.0. The first kappa shape index (κ1) is 23.2. The van der Waals surface area contributed by atoms with Gasteiger partial charge in [0.2, 0.25) is 0 Å². The van der Waals surface area contributed by atoms with Gasteiger partial charge in [0.25, 0.3) is 0 Å². The minimum atomic E-state index is 0.202. The molecule has 154 valence electrons. The van der Waals surface area contributed by atoms with Crippen LogP contribution in [0.25, 0.3) is 0 Å². The molecule has 27 heavy (non-hydrogen) atoms. The average molecular weight is 379 g/mol. The van der Waals surface area contributed by atoms with E-state index < -0.39 is 0 Å². The Balaban J connectivity index is 2.79. The Morgan fingerprint density at radius 3 is 2.59 bits per heavy atom. The van der Waals surface area contributed by atoms with Crippen LogP contribution in [0.5, 0.6) is 5.75 Å². The molecule has 1 aromatic rings. The van der Waals surface area contributed by atoms with Crippen molar-refractivity contribution in [3.05, 3.63) is 29.8 Å². The normalized spacial score (nSPS) is 14.1. The number of aliphatic imine (C=N–C) groups is 1. The Kier molecular flexibility index (Phi) is 11.5. The fraction of sp³-hybridized carbons (Fsp3) is 0.667. The van der Waals surface area contributed by atoms with Gasteiger partial charge >= 0.3 is 0 Å². The predicted octanol–water partition coefficient (Wildman–Crippen LogP) is 2.65. The number of methoxy groups -OCH3 is 1. The summed E-state index contributed by atoms with van der Waals surface area (Å²) in [6.45, 7) is 6.76. The van der Waals surface area contributed by atoms with E-state index in [0.29, 0.717) is 5.92 Å². The lowest BCUT2D eigenvalue weighted by Crippen LogP contribution is -2.42. The largest absolute Gasteiger partial charge is 0.497 e. The molecule has 0 heterocycles. The van der Waals surface area contributed by atoms with Crippen molar-refractivity contribution >= 4 is 5.96 Å². The molecule has 6 heteroatoms. The van der Waals surface area contributed by atoms with E-state index in [9.17, 15) is 5.11 Å². The van der Waals surface area contributed by atoms with E-state index in [0.717, 1.165) is 50.6 Å². The highest BCUT2D eigenvalue weighted by Gasteiger charge is 2.16. The van der Waals surface area contributed by atoms with Gasteiger partial charge in [-0.25, -0.2) is 0 Å². The van der Waals surface area contributed by atoms with Crippen molar-refractivity contribution in [3.63, 3.8) is 0 Å². The molecule has 0 aliphatic carbocycles. The van der Waals surface area contributed by atoms with Crippen LogP contribution in [0.4, 0.5) is 0 Å². The molecular formula is C21H38N4O2. The Bertz CT molecular complexity index is 543. The van der Waals surface area contributed by atoms with Crippen molar-refractivity contribution in [3.8, 4) is 5.75 Å². The van der Waals surface area contributed by atoms with Crippen molar-refractivity contribution in [2.45, 2.75) is 39.2 Å². The van der Waals surface area contributed by atoms with Gasteiger partial charge < -0.3 is 25.4 Å². The zero-order valence-corrected chi connectivity index (χ0v) is 17.7. The summed E-state index contributed by atoms with van der Waals surface area (Å²) in [5.41, 5.74) is 1.20. The summed E-state index contributed by atoms with van der Waals surface area (Å²) in [4.78, 5) is 6.94. The number of benzene rings is 1. The van der Waals surface area contributed by atoms with Crippen LogP contribution in [0.1, 0.15) is 44.7 Å². The topological polar surface area (TPSA) is 69.1 Å². The van der Waals surface area contributed by atoms with Crippen molar-refractivity contribution < 1.29 is 9.84 Å². The van der Waals surface area contributed by atoms with Crippen molar-refractivity contribution in [1.82, 2.24) is 15.5 Å². The van der Waals surface area contributed by atoms with Gasteiger partial charge in [0.05, 0.1) is 13.2 Å². The Morgan fingerprint density at radius 1 is 1.22 bits per heavy atom. The molecule has 3 N–H and O–H groups in total. The fourth-order valence-electron chi connectivity index (χ4n) is 3.12. The van der Waals surface area contributed by atoms with Crippen LogP contribution in [0.2, 0.25) is 0 Å². The van der Waals surface area contributed by atoms with Gasteiger partial charge in [0.15, 0.2) is 5.96 Å². The van der Waals surface area contributed by atoms with Gasteiger partial charge in [0.1, 0.15) is 5.75 Å². The number of aliphatic hydroxyl groups is 1. The molecule has 0 spiro atoms. The number of aliphatic hydroxyl groups excluding tert-OH is 1. The van der Waals surface area contributed by atoms with Crippen LogP contribution in [0.15, 0.2) is 29.3 Å². The monoisotopic (exact) mass is 378 g/mol. The van der Waals surface area contributed by atoms with Crippen LogP contribution in [0, 0.1) is 5.92 Å². The zero-order chi connectivity index (χ0) is 20.1. The summed E-state index contributed by atoms with van der Waals surface area (Å²) in [6, 6.07) is 8.39. The van der Waals surface area contributed by atoms with Crippen molar-refractivity contribution in [2.75, 3.05) is 47.4 Å². The number of ether oxygens (including phenoxy) is 1. The maximum absolute atomic E-state index is 9.24. The Hall–Kier alpha value is -1.79. The van der Waals surface area contributed by atoms with Gasteiger partial charge in [-0.1, -0.05) is 25.5 Å². The SMILES string of the molecule is CCCC(CCO)CN=C(NCC)NCC(c1cccc(OC)c1)N(C)C. The highest BCUT2D eigenvalue weighted by Crippen LogP contribution is 2.22. The summed E-state index contributed by atoms with van der Waals surface area (Å²) in [6.07, 6.45) is 3.01.